The molecule has 0 spiro atoms. The second-order valence-corrected chi connectivity index (χ2v) is 10.3. The van der Waals surface area contributed by atoms with Crippen LogP contribution in [0.2, 0.25) is 0 Å². The fourth-order valence-corrected chi connectivity index (χ4v) is 4.80. The molecule has 4 aromatic carbocycles. The SMILES string of the molecule is CCc1ccc(/C=C/c2cccc(/C=C/c3ccc(OC)c(OCc4ccccc4)c3)[n+]2C)cc1OCc1ccccc1. The summed E-state index contributed by atoms with van der Waals surface area (Å²) in [6.45, 7) is 3.19. The molecule has 0 unspecified atom stereocenters. The summed E-state index contributed by atoms with van der Waals surface area (Å²) in [7, 11) is 3.74. The molecule has 1 aromatic heterocycles. The molecule has 43 heavy (non-hydrogen) atoms. The molecular formula is C39H38NO3+. The van der Waals surface area contributed by atoms with Gasteiger partial charge in [0.15, 0.2) is 11.5 Å². The van der Waals surface area contributed by atoms with Crippen molar-refractivity contribution < 1.29 is 18.8 Å². The zero-order chi connectivity index (χ0) is 29.9. The minimum atomic E-state index is 0.482. The van der Waals surface area contributed by atoms with Crippen molar-refractivity contribution in [3.05, 3.63) is 154 Å². The van der Waals surface area contributed by atoms with Crippen LogP contribution in [0.15, 0.2) is 115 Å². The summed E-state index contributed by atoms with van der Waals surface area (Å²) in [5, 5.41) is 0. The van der Waals surface area contributed by atoms with Gasteiger partial charge in [-0.1, -0.05) is 85.8 Å². The van der Waals surface area contributed by atoms with Crippen LogP contribution in [0.4, 0.5) is 0 Å². The molecule has 5 rings (SSSR count). The van der Waals surface area contributed by atoms with Crippen molar-refractivity contribution in [2.75, 3.05) is 7.11 Å². The Morgan fingerprint density at radius 3 is 1.65 bits per heavy atom. The van der Waals surface area contributed by atoms with Crippen LogP contribution < -0.4 is 18.8 Å². The van der Waals surface area contributed by atoms with Crippen LogP contribution in [0, 0.1) is 0 Å². The van der Waals surface area contributed by atoms with E-state index in [1.807, 2.05) is 54.6 Å². The van der Waals surface area contributed by atoms with E-state index in [4.69, 9.17) is 14.2 Å². The quantitative estimate of drug-likeness (QED) is 0.141. The molecule has 0 amide bonds. The van der Waals surface area contributed by atoms with E-state index in [2.05, 4.69) is 104 Å². The highest BCUT2D eigenvalue weighted by Crippen LogP contribution is 2.30. The van der Waals surface area contributed by atoms with Gasteiger partial charge in [0, 0.05) is 24.3 Å². The van der Waals surface area contributed by atoms with Crippen LogP contribution >= 0.6 is 0 Å². The molecule has 0 aliphatic heterocycles. The molecule has 216 valence electrons. The molecule has 0 saturated carbocycles. The van der Waals surface area contributed by atoms with Gasteiger partial charge >= 0.3 is 0 Å². The summed E-state index contributed by atoms with van der Waals surface area (Å²) in [4.78, 5) is 0. The molecule has 1 heterocycles. The summed E-state index contributed by atoms with van der Waals surface area (Å²) >= 11 is 0. The number of benzene rings is 4. The van der Waals surface area contributed by atoms with E-state index in [0.717, 1.165) is 51.6 Å². The van der Waals surface area contributed by atoms with Gasteiger partial charge < -0.3 is 14.2 Å². The number of ether oxygens (including phenoxy) is 3. The minimum Gasteiger partial charge on any atom is -0.493 e. The van der Waals surface area contributed by atoms with E-state index in [0.29, 0.717) is 19.0 Å². The van der Waals surface area contributed by atoms with Crippen LogP contribution in [0.1, 0.15) is 46.1 Å². The number of hydrogen-bond donors (Lipinski definition) is 0. The number of aryl methyl sites for hydroxylation is 1. The highest BCUT2D eigenvalue weighted by molar-refractivity contribution is 5.70. The molecule has 4 nitrogen and oxygen atoms in total. The van der Waals surface area contributed by atoms with Gasteiger partial charge in [-0.05, 0) is 70.7 Å². The lowest BCUT2D eigenvalue weighted by Gasteiger charge is -2.11. The maximum absolute atomic E-state index is 6.22. The lowest BCUT2D eigenvalue weighted by atomic mass is 10.1. The van der Waals surface area contributed by atoms with Gasteiger partial charge in [0.25, 0.3) is 0 Å². The summed E-state index contributed by atoms with van der Waals surface area (Å²) in [6.07, 6.45) is 9.41. The van der Waals surface area contributed by atoms with Crippen molar-refractivity contribution in [3.8, 4) is 17.2 Å². The van der Waals surface area contributed by atoms with Crippen molar-refractivity contribution in [1.29, 1.82) is 0 Å². The molecule has 0 saturated heterocycles. The van der Waals surface area contributed by atoms with Gasteiger partial charge in [-0.15, -0.1) is 0 Å². The average Bonchev–Trinajstić information content (AvgIpc) is 3.06. The first kappa shape index (κ1) is 29.4. The lowest BCUT2D eigenvalue weighted by molar-refractivity contribution is -0.675. The first-order valence-electron chi connectivity index (χ1n) is 14.6. The van der Waals surface area contributed by atoms with Crippen LogP contribution in [-0.2, 0) is 26.7 Å². The van der Waals surface area contributed by atoms with Crippen molar-refractivity contribution in [1.82, 2.24) is 0 Å². The Morgan fingerprint density at radius 1 is 0.558 bits per heavy atom. The van der Waals surface area contributed by atoms with E-state index in [9.17, 15) is 0 Å². The lowest BCUT2D eigenvalue weighted by Crippen LogP contribution is -2.35. The Labute approximate surface area is 255 Å². The molecule has 0 atom stereocenters. The van der Waals surface area contributed by atoms with E-state index in [1.165, 1.54) is 5.56 Å². The Hall–Kier alpha value is -5.09. The summed E-state index contributed by atoms with van der Waals surface area (Å²) < 4.78 is 20.0. The molecule has 0 fully saturated rings. The summed E-state index contributed by atoms with van der Waals surface area (Å²) in [5.74, 6) is 2.36. The molecule has 0 aliphatic carbocycles. The largest absolute Gasteiger partial charge is 0.493 e. The number of rotatable bonds is 12. The Balaban J connectivity index is 1.30. The monoisotopic (exact) mass is 568 g/mol. The third-order valence-electron chi connectivity index (χ3n) is 7.34. The van der Waals surface area contributed by atoms with E-state index < -0.39 is 0 Å². The highest BCUT2D eigenvalue weighted by atomic mass is 16.5. The Bertz CT molecular complexity index is 1570. The van der Waals surface area contributed by atoms with Crippen molar-refractivity contribution in [2.45, 2.75) is 26.6 Å². The van der Waals surface area contributed by atoms with E-state index in [-0.39, 0.29) is 0 Å². The van der Waals surface area contributed by atoms with Gasteiger partial charge in [0.2, 0.25) is 11.4 Å². The summed E-state index contributed by atoms with van der Waals surface area (Å²) in [6, 6.07) is 39.1. The van der Waals surface area contributed by atoms with Crippen LogP contribution in [0.5, 0.6) is 17.2 Å². The Kier molecular flexibility index (Phi) is 10.0. The molecule has 0 N–H and O–H groups in total. The standard InChI is InChI=1S/C39H38NO3/c1-4-34-22-18-30(26-38(34)42-28-32-12-7-5-8-13-32)19-23-35-16-11-17-36(40(35)2)24-20-31-21-25-37(41-3)39(27-31)43-29-33-14-9-6-10-15-33/h5-27H,4,28-29H2,1-3H3/q+1/b23-19+,24-20+. The summed E-state index contributed by atoms with van der Waals surface area (Å²) in [5.41, 5.74) is 7.78. The zero-order valence-electron chi connectivity index (χ0n) is 25.1. The molecule has 0 radical (unpaired) electrons. The van der Waals surface area contributed by atoms with Crippen molar-refractivity contribution >= 4 is 24.3 Å². The third-order valence-corrected chi connectivity index (χ3v) is 7.34. The maximum atomic E-state index is 6.22. The third kappa shape index (κ3) is 8.02. The van der Waals surface area contributed by atoms with Crippen molar-refractivity contribution in [3.63, 3.8) is 0 Å². The van der Waals surface area contributed by atoms with Gasteiger partial charge in [0.05, 0.1) is 7.11 Å². The molecule has 5 aromatic rings. The van der Waals surface area contributed by atoms with Crippen LogP contribution in [0.3, 0.4) is 0 Å². The average molecular weight is 569 g/mol. The number of hydrogen-bond acceptors (Lipinski definition) is 3. The van der Waals surface area contributed by atoms with Gasteiger partial charge in [-0.25, -0.2) is 0 Å². The normalized spacial score (nSPS) is 11.2. The first-order valence-corrected chi connectivity index (χ1v) is 14.6. The van der Waals surface area contributed by atoms with E-state index in [1.54, 1.807) is 7.11 Å². The van der Waals surface area contributed by atoms with Crippen LogP contribution in [-0.4, -0.2) is 7.11 Å². The highest BCUT2D eigenvalue weighted by Gasteiger charge is 2.10. The van der Waals surface area contributed by atoms with E-state index >= 15 is 0 Å². The fraction of sp³-hybridized carbons (Fsp3) is 0.154. The zero-order valence-corrected chi connectivity index (χ0v) is 25.1. The Morgan fingerprint density at radius 2 is 1.09 bits per heavy atom. The molecule has 4 heteroatoms. The first-order chi connectivity index (χ1) is 21.1. The van der Waals surface area contributed by atoms with Crippen molar-refractivity contribution in [2.24, 2.45) is 7.05 Å². The second kappa shape index (κ2) is 14.7. The minimum absolute atomic E-state index is 0.482. The molecular weight excluding hydrogens is 530 g/mol. The van der Waals surface area contributed by atoms with Gasteiger partial charge in [-0.2, -0.15) is 4.57 Å². The number of aromatic nitrogens is 1. The number of pyridine rings is 1. The van der Waals surface area contributed by atoms with Gasteiger partial charge in [-0.3, -0.25) is 0 Å². The predicted octanol–water partition coefficient (Wildman–Crippen LogP) is 8.58. The number of methoxy groups -OCH3 is 1. The predicted molar refractivity (Wildman–Crippen MR) is 176 cm³/mol. The number of nitrogens with zero attached hydrogens (tertiary/aromatic N) is 1. The topological polar surface area (TPSA) is 31.6 Å². The second-order valence-electron chi connectivity index (χ2n) is 10.3. The van der Waals surface area contributed by atoms with Crippen LogP contribution in [0.25, 0.3) is 24.3 Å². The molecule has 0 aliphatic rings. The molecule has 0 bridgehead atoms. The maximum Gasteiger partial charge on any atom is 0.205 e. The van der Waals surface area contributed by atoms with Gasteiger partial charge in [0.1, 0.15) is 26.0 Å². The smallest absolute Gasteiger partial charge is 0.205 e. The fourth-order valence-electron chi connectivity index (χ4n) is 4.80.